The average Bonchev–Trinajstić information content (AvgIpc) is 2.70. The minimum absolute atomic E-state index is 0.0122. The highest BCUT2D eigenvalue weighted by atomic mass is 16.2. The van der Waals surface area contributed by atoms with E-state index >= 15 is 0 Å². The van der Waals surface area contributed by atoms with Gasteiger partial charge in [0.25, 0.3) is 0 Å². The molecule has 7 nitrogen and oxygen atoms in total. The van der Waals surface area contributed by atoms with E-state index in [-0.39, 0.29) is 24.1 Å². The third kappa shape index (κ3) is 3.04. The Morgan fingerprint density at radius 1 is 1.32 bits per heavy atom. The molecule has 0 radical (unpaired) electrons. The van der Waals surface area contributed by atoms with Crippen LogP contribution < -0.4 is 16.4 Å². The first kappa shape index (κ1) is 13.8. The molecule has 2 rings (SSSR count). The first-order valence-corrected chi connectivity index (χ1v) is 6.63. The largest absolute Gasteiger partial charge is 0.370 e. The lowest BCUT2D eigenvalue weighted by atomic mass is 9.94. The van der Waals surface area contributed by atoms with Crippen LogP contribution in [-0.2, 0) is 14.4 Å². The van der Waals surface area contributed by atoms with Gasteiger partial charge in [0.15, 0.2) is 0 Å². The molecule has 0 saturated carbocycles. The van der Waals surface area contributed by atoms with Gasteiger partial charge in [0.05, 0.1) is 0 Å². The van der Waals surface area contributed by atoms with Gasteiger partial charge in [0, 0.05) is 39.0 Å². The molecule has 106 valence electrons. The van der Waals surface area contributed by atoms with Crippen LogP contribution in [0.25, 0.3) is 0 Å². The molecule has 1 atom stereocenters. The molecule has 2 aliphatic heterocycles. The molecular formula is C12H20N4O3. The lowest BCUT2D eigenvalue weighted by molar-refractivity contribution is -0.136. The van der Waals surface area contributed by atoms with Crippen LogP contribution in [0.1, 0.15) is 25.7 Å². The van der Waals surface area contributed by atoms with Gasteiger partial charge in [-0.2, -0.15) is 0 Å². The molecule has 0 aliphatic carbocycles. The molecule has 0 bridgehead atoms. The number of nitrogens with zero attached hydrogens (tertiary/aromatic N) is 1. The minimum Gasteiger partial charge on any atom is -0.370 e. The van der Waals surface area contributed by atoms with E-state index in [4.69, 9.17) is 5.73 Å². The van der Waals surface area contributed by atoms with Crippen molar-refractivity contribution in [2.45, 2.75) is 31.2 Å². The minimum atomic E-state index is -0.613. The van der Waals surface area contributed by atoms with E-state index in [0.717, 1.165) is 0 Å². The molecule has 2 fully saturated rings. The van der Waals surface area contributed by atoms with Crippen molar-refractivity contribution in [2.75, 3.05) is 26.2 Å². The maximum Gasteiger partial charge on any atom is 0.242 e. The molecule has 2 heterocycles. The third-order valence-electron chi connectivity index (χ3n) is 3.74. The standard InChI is InChI=1S/C12H20N4O3/c13-9(17)2-1-3-10(18)16-7-6-15-12(8-16)4-5-14-11(12)19/h15H,1-8H2,(H2,13,17)(H,14,19). The van der Waals surface area contributed by atoms with Gasteiger partial charge < -0.3 is 21.3 Å². The number of carbonyl (C=O) groups excluding carboxylic acids is 3. The monoisotopic (exact) mass is 268 g/mol. The van der Waals surface area contributed by atoms with Gasteiger partial charge in [-0.15, -0.1) is 0 Å². The quantitative estimate of drug-likeness (QED) is 0.567. The van der Waals surface area contributed by atoms with Crippen LogP contribution in [-0.4, -0.2) is 54.3 Å². The normalized spacial score (nSPS) is 26.5. The molecule has 2 aliphatic rings. The summed E-state index contributed by atoms with van der Waals surface area (Å²) in [6.45, 7) is 2.28. The van der Waals surface area contributed by atoms with Gasteiger partial charge in [-0.25, -0.2) is 0 Å². The Kier molecular flexibility index (Phi) is 4.04. The van der Waals surface area contributed by atoms with Gasteiger partial charge >= 0.3 is 0 Å². The number of primary amides is 1. The molecule has 0 aromatic carbocycles. The fourth-order valence-corrected chi connectivity index (χ4v) is 2.67. The molecule has 3 amide bonds. The summed E-state index contributed by atoms with van der Waals surface area (Å²) in [4.78, 5) is 36.2. The van der Waals surface area contributed by atoms with Crippen molar-refractivity contribution >= 4 is 17.7 Å². The average molecular weight is 268 g/mol. The van der Waals surface area contributed by atoms with Gasteiger partial charge in [-0.3, -0.25) is 14.4 Å². The SMILES string of the molecule is NC(=O)CCCC(=O)N1CCNC2(CCNC2=O)C1. The number of hydrogen-bond acceptors (Lipinski definition) is 4. The molecule has 19 heavy (non-hydrogen) atoms. The molecule has 7 heteroatoms. The summed E-state index contributed by atoms with van der Waals surface area (Å²) < 4.78 is 0. The topological polar surface area (TPSA) is 105 Å². The highest BCUT2D eigenvalue weighted by Gasteiger charge is 2.45. The summed E-state index contributed by atoms with van der Waals surface area (Å²) in [6, 6.07) is 0. The summed E-state index contributed by atoms with van der Waals surface area (Å²) in [7, 11) is 0. The van der Waals surface area contributed by atoms with Crippen molar-refractivity contribution < 1.29 is 14.4 Å². The number of rotatable bonds is 4. The third-order valence-corrected chi connectivity index (χ3v) is 3.74. The summed E-state index contributed by atoms with van der Waals surface area (Å²) in [5.41, 5.74) is 4.43. The van der Waals surface area contributed by atoms with Crippen LogP contribution >= 0.6 is 0 Å². The summed E-state index contributed by atoms with van der Waals surface area (Å²) in [5, 5.41) is 6.02. The number of carbonyl (C=O) groups is 3. The lowest BCUT2D eigenvalue weighted by Crippen LogP contribution is -2.64. The number of amides is 3. The van der Waals surface area contributed by atoms with Crippen LogP contribution in [0.4, 0.5) is 0 Å². The second-order valence-electron chi connectivity index (χ2n) is 5.15. The number of nitrogens with two attached hydrogens (primary N) is 1. The van der Waals surface area contributed by atoms with E-state index < -0.39 is 5.54 Å². The van der Waals surface area contributed by atoms with Gasteiger partial charge in [0.1, 0.15) is 5.54 Å². The molecular weight excluding hydrogens is 248 g/mol. The maximum atomic E-state index is 12.0. The van der Waals surface area contributed by atoms with E-state index in [1.165, 1.54) is 0 Å². The van der Waals surface area contributed by atoms with Crippen molar-refractivity contribution in [3.63, 3.8) is 0 Å². The van der Waals surface area contributed by atoms with E-state index in [2.05, 4.69) is 10.6 Å². The summed E-state index contributed by atoms with van der Waals surface area (Å²) in [5.74, 6) is -0.427. The summed E-state index contributed by atoms with van der Waals surface area (Å²) in [6.07, 6.45) is 1.71. The van der Waals surface area contributed by atoms with Crippen LogP contribution in [0, 0.1) is 0 Å². The first-order chi connectivity index (χ1) is 9.03. The first-order valence-electron chi connectivity index (χ1n) is 6.63. The number of hydrogen-bond donors (Lipinski definition) is 3. The van der Waals surface area contributed by atoms with Crippen molar-refractivity contribution in [1.82, 2.24) is 15.5 Å². The van der Waals surface area contributed by atoms with Crippen LogP contribution in [0.2, 0.25) is 0 Å². The second-order valence-corrected chi connectivity index (χ2v) is 5.15. The van der Waals surface area contributed by atoms with Crippen LogP contribution in [0.15, 0.2) is 0 Å². The number of nitrogens with one attached hydrogen (secondary N) is 2. The Morgan fingerprint density at radius 2 is 2.11 bits per heavy atom. The molecule has 2 saturated heterocycles. The van der Waals surface area contributed by atoms with E-state index in [1.54, 1.807) is 4.90 Å². The van der Waals surface area contributed by atoms with E-state index in [9.17, 15) is 14.4 Å². The Hall–Kier alpha value is -1.63. The van der Waals surface area contributed by atoms with Crippen LogP contribution in [0.3, 0.4) is 0 Å². The van der Waals surface area contributed by atoms with Gasteiger partial charge in [-0.1, -0.05) is 0 Å². The van der Waals surface area contributed by atoms with E-state index in [1.807, 2.05) is 0 Å². The van der Waals surface area contributed by atoms with Crippen LogP contribution in [0.5, 0.6) is 0 Å². The predicted octanol–water partition coefficient (Wildman–Crippen LogP) is -1.67. The highest BCUT2D eigenvalue weighted by molar-refractivity contribution is 5.90. The van der Waals surface area contributed by atoms with Crippen molar-refractivity contribution in [3.8, 4) is 0 Å². The Labute approximate surface area is 111 Å². The zero-order valence-electron chi connectivity index (χ0n) is 10.9. The maximum absolute atomic E-state index is 12.0. The lowest BCUT2D eigenvalue weighted by Gasteiger charge is -2.39. The zero-order valence-corrected chi connectivity index (χ0v) is 10.9. The van der Waals surface area contributed by atoms with Crippen molar-refractivity contribution in [1.29, 1.82) is 0 Å². The second kappa shape index (κ2) is 5.56. The van der Waals surface area contributed by atoms with Gasteiger partial charge in [0.2, 0.25) is 17.7 Å². The molecule has 0 aromatic heterocycles. The highest BCUT2D eigenvalue weighted by Crippen LogP contribution is 2.21. The Balaban J connectivity index is 1.88. The molecule has 0 aromatic rings. The summed E-state index contributed by atoms with van der Waals surface area (Å²) >= 11 is 0. The Bertz CT molecular complexity index is 398. The van der Waals surface area contributed by atoms with E-state index in [0.29, 0.717) is 45.4 Å². The van der Waals surface area contributed by atoms with Gasteiger partial charge in [-0.05, 0) is 12.8 Å². The molecule has 1 spiro atoms. The van der Waals surface area contributed by atoms with Crippen molar-refractivity contribution in [3.05, 3.63) is 0 Å². The van der Waals surface area contributed by atoms with Crippen molar-refractivity contribution in [2.24, 2.45) is 5.73 Å². The molecule has 1 unspecified atom stereocenters. The fourth-order valence-electron chi connectivity index (χ4n) is 2.67. The fraction of sp³-hybridized carbons (Fsp3) is 0.750. The molecule has 4 N–H and O–H groups in total. The Morgan fingerprint density at radius 3 is 2.74 bits per heavy atom. The number of piperazine rings is 1. The predicted molar refractivity (Wildman–Crippen MR) is 68.0 cm³/mol. The zero-order chi connectivity index (χ0) is 13.9. The smallest absolute Gasteiger partial charge is 0.242 e.